The molecule has 0 unspecified atom stereocenters. The Labute approximate surface area is 296 Å². The Morgan fingerprint density at radius 3 is 2.29 bits per heavy atom. The molecular weight excluding hydrogens is 666 g/mol. The number of amides is 4. The fourth-order valence-corrected chi connectivity index (χ4v) is 6.05. The van der Waals surface area contributed by atoms with Crippen LogP contribution < -0.4 is 16.0 Å². The summed E-state index contributed by atoms with van der Waals surface area (Å²) in [5.41, 5.74) is -0.183. The summed E-state index contributed by atoms with van der Waals surface area (Å²) in [7, 11) is 0. The number of nitrogens with zero attached hydrogens (tertiary/aromatic N) is 1. The zero-order valence-electron chi connectivity index (χ0n) is 29.4. The summed E-state index contributed by atoms with van der Waals surface area (Å²) >= 11 is 0. The van der Waals surface area contributed by atoms with Gasteiger partial charge in [0.25, 0.3) is 0 Å². The molecule has 2 saturated heterocycles. The molecule has 2 aromatic rings. The molecule has 4 rings (SSSR count). The molecule has 12 nitrogen and oxygen atoms in total. The molecule has 2 aromatic carbocycles. The molecule has 14 heteroatoms. The summed E-state index contributed by atoms with van der Waals surface area (Å²) < 4.78 is 45.4. The van der Waals surface area contributed by atoms with E-state index in [-0.39, 0.29) is 56.9 Å². The summed E-state index contributed by atoms with van der Waals surface area (Å²) in [6.45, 7) is 6.76. The molecule has 3 N–H and O–H groups in total. The lowest BCUT2D eigenvalue weighted by atomic mass is 9.82. The zero-order chi connectivity index (χ0) is 37.0. The van der Waals surface area contributed by atoms with Crippen LogP contribution in [0.25, 0.3) is 11.1 Å². The van der Waals surface area contributed by atoms with Gasteiger partial charge in [-0.3, -0.25) is 19.2 Å². The number of carbonyl (C=O) groups is 5. The summed E-state index contributed by atoms with van der Waals surface area (Å²) in [5.74, 6) is -5.58. The third-order valence-corrected chi connectivity index (χ3v) is 8.69. The van der Waals surface area contributed by atoms with Crippen LogP contribution in [0, 0.1) is 23.5 Å². The highest BCUT2D eigenvalue weighted by molar-refractivity contribution is 5.92. The molecule has 0 saturated carbocycles. The molecule has 0 radical (unpaired) electrons. The number of alkyl carbamates (subject to hydrolysis) is 1. The van der Waals surface area contributed by atoms with Crippen LogP contribution in [0.1, 0.15) is 58.4 Å². The number of rotatable bonds is 7. The van der Waals surface area contributed by atoms with Gasteiger partial charge in [-0.05, 0) is 82.6 Å². The van der Waals surface area contributed by atoms with Crippen molar-refractivity contribution in [3.05, 3.63) is 59.7 Å². The van der Waals surface area contributed by atoms with Gasteiger partial charge in [0.15, 0.2) is 0 Å². The smallest absolute Gasteiger partial charge is 0.407 e. The SMILES string of the molecule is CC(C)(C)OC(=O)[C@H]1CCCOC(=O)NCCCC[C@@H](C(=O)NCC(=O)N2CCOCC2)NC(=O)[C@@H]1Cc1ccc(-c2c(F)cccc2F)cc1. The van der Waals surface area contributed by atoms with Crippen molar-refractivity contribution in [3.63, 3.8) is 0 Å². The minimum Gasteiger partial charge on any atom is -0.460 e. The van der Waals surface area contributed by atoms with Crippen LogP contribution in [0.5, 0.6) is 0 Å². The van der Waals surface area contributed by atoms with E-state index in [2.05, 4.69) is 16.0 Å². The Bertz CT molecular complexity index is 1510. The predicted octanol–water partition coefficient (Wildman–Crippen LogP) is 3.90. The minimum atomic E-state index is -1.06. The van der Waals surface area contributed by atoms with Crippen LogP contribution in [0.3, 0.4) is 0 Å². The van der Waals surface area contributed by atoms with Crippen molar-refractivity contribution in [3.8, 4) is 11.1 Å². The van der Waals surface area contributed by atoms with Crippen LogP contribution in [0.2, 0.25) is 0 Å². The highest BCUT2D eigenvalue weighted by Crippen LogP contribution is 2.30. The third-order valence-electron chi connectivity index (χ3n) is 8.69. The molecule has 0 aliphatic carbocycles. The van der Waals surface area contributed by atoms with Crippen LogP contribution in [0.4, 0.5) is 13.6 Å². The molecule has 2 fully saturated rings. The molecule has 4 amide bonds. The molecule has 2 heterocycles. The van der Waals surface area contributed by atoms with E-state index in [9.17, 15) is 32.8 Å². The second-order valence-corrected chi connectivity index (χ2v) is 13.7. The number of hydrogen-bond donors (Lipinski definition) is 3. The summed E-state index contributed by atoms with van der Waals surface area (Å²) in [6, 6.07) is 8.89. The van der Waals surface area contributed by atoms with E-state index in [4.69, 9.17) is 14.2 Å². The van der Waals surface area contributed by atoms with Crippen molar-refractivity contribution in [2.75, 3.05) is 46.0 Å². The highest BCUT2D eigenvalue weighted by atomic mass is 19.1. The molecule has 2 aliphatic rings. The zero-order valence-corrected chi connectivity index (χ0v) is 29.4. The van der Waals surface area contributed by atoms with Crippen molar-refractivity contribution in [2.24, 2.45) is 11.8 Å². The van der Waals surface area contributed by atoms with Crippen molar-refractivity contribution in [1.82, 2.24) is 20.9 Å². The van der Waals surface area contributed by atoms with Gasteiger partial charge in [0.2, 0.25) is 17.7 Å². The van der Waals surface area contributed by atoms with E-state index in [1.165, 1.54) is 18.2 Å². The molecule has 0 bridgehead atoms. The Hall–Kier alpha value is -4.59. The second-order valence-electron chi connectivity index (χ2n) is 13.7. The number of ether oxygens (including phenoxy) is 3. The number of morpholine rings is 1. The number of esters is 1. The third kappa shape index (κ3) is 12.0. The van der Waals surface area contributed by atoms with E-state index >= 15 is 0 Å². The lowest BCUT2D eigenvalue weighted by molar-refractivity contribution is -0.164. The average molecular weight is 715 g/mol. The Morgan fingerprint density at radius 2 is 1.63 bits per heavy atom. The predicted molar refractivity (Wildman–Crippen MR) is 183 cm³/mol. The maximum Gasteiger partial charge on any atom is 0.407 e. The van der Waals surface area contributed by atoms with Gasteiger partial charge in [-0.15, -0.1) is 0 Å². The van der Waals surface area contributed by atoms with Gasteiger partial charge in [-0.1, -0.05) is 30.3 Å². The number of hydrogen-bond acceptors (Lipinski definition) is 8. The molecule has 0 aromatic heterocycles. The first-order valence-corrected chi connectivity index (χ1v) is 17.4. The van der Waals surface area contributed by atoms with Crippen molar-refractivity contribution >= 4 is 29.8 Å². The van der Waals surface area contributed by atoms with Crippen molar-refractivity contribution in [2.45, 2.75) is 70.9 Å². The normalized spacial score (nSPS) is 21.2. The van der Waals surface area contributed by atoms with Crippen LogP contribution in [-0.2, 0) is 39.8 Å². The van der Waals surface area contributed by atoms with Crippen LogP contribution in [-0.4, -0.2) is 92.3 Å². The van der Waals surface area contributed by atoms with Gasteiger partial charge in [0.05, 0.1) is 43.8 Å². The lowest BCUT2D eigenvalue weighted by Gasteiger charge is -2.30. The Morgan fingerprint density at radius 1 is 0.941 bits per heavy atom. The number of cyclic esters (lactones) is 1. The standard InChI is InChI=1S/C37H48F2N4O8/c1-37(2,3)51-35(47)26-8-7-19-50-36(48)40-16-5-4-11-30(34(46)41-23-31(44)43-17-20-49-21-18-43)42-33(45)27(26)22-24-12-14-25(15-13-24)32-28(38)9-6-10-29(32)39/h6,9-10,12-15,26-27,30H,4-5,7-8,11,16-23H2,1-3H3,(H,40,48)(H,41,46)(H,42,45)/t26-,27+,30-/m0/s1. The fraction of sp³-hybridized carbons (Fsp3) is 0.541. The largest absolute Gasteiger partial charge is 0.460 e. The molecule has 51 heavy (non-hydrogen) atoms. The molecule has 0 spiro atoms. The van der Waals surface area contributed by atoms with E-state index < -0.39 is 59.0 Å². The van der Waals surface area contributed by atoms with E-state index in [0.717, 1.165) is 12.1 Å². The van der Waals surface area contributed by atoms with Gasteiger partial charge >= 0.3 is 12.1 Å². The van der Waals surface area contributed by atoms with Gasteiger partial charge in [-0.2, -0.15) is 0 Å². The number of carbonyl (C=O) groups excluding carboxylic acids is 5. The first-order chi connectivity index (χ1) is 24.3. The molecular formula is C37H48F2N4O8. The fourth-order valence-electron chi connectivity index (χ4n) is 6.05. The van der Waals surface area contributed by atoms with Gasteiger partial charge in [-0.25, -0.2) is 13.6 Å². The quantitative estimate of drug-likeness (QED) is 0.366. The topological polar surface area (TPSA) is 152 Å². The summed E-state index contributed by atoms with van der Waals surface area (Å²) in [4.78, 5) is 68.1. The van der Waals surface area contributed by atoms with Crippen LogP contribution >= 0.6 is 0 Å². The Balaban J connectivity index is 1.63. The van der Waals surface area contributed by atoms with E-state index in [1.807, 2.05) is 0 Å². The molecule has 278 valence electrons. The number of benzene rings is 2. The maximum absolute atomic E-state index is 14.5. The van der Waals surface area contributed by atoms with Crippen molar-refractivity contribution in [1.29, 1.82) is 0 Å². The van der Waals surface area contributed by atoms with Crippen LogP contribution in [0.15, 0.2) is 42.5 Å². The maximum atomic E-state index is 14.5. The molecule has 2 aliphatic heterocycles. The second kappa shape index (κ2) is 18.6. The number of halogens is 2. The molecule has 3 atom stereocenters. The van der Waals surface area contributed by atoms with Gasteiger partial charge < -0.3 is 35.1 Å². The first-order valence-electron chi connectivity index (χ1n) is 17.4. The average Bonchev–Trinajstić information content (AvgIpc) is 3.09. The van der Waals surface area contributed by atoms with Crippen molar-refractivity contribution < 1.29 is 47.0 Å². The van der Waals surface area contributed by atoms with Gasteiger partial charge in [0.1, 0.15) is 23.3 Å². The monoisotopic (exact) mass is 714 g/mol. The summed E-state index contributed by atoms with van der Waals surface area (Å²) in [5, 5.41) is 8.16. The Kier molecular flexibility index (Phi) is 14.3. The van der Waals surface area contributed by atoms with Gasteiger partial charge in [0, 0.05) is 19.6 Å². The highest BCUT2D eigenvalue weighted by Gasteiger charge is 2.38. The summed E-state index contributed by atoms with van der Waals surface area (Å²) in [6.07, 6.45) is 0.856. The lowest BCUT2D eigenvalue weighted by Crippen LogP contribution is -2.53. The van der Waals surface area contributed by atoms with E-state index in [0.29, 0.717) is 50.3 Å². The minimum absolute atomic E-state index is 0.00935. The number of nitrogens with one attached hydrogen (secondary N) is 3. The van der Waals surface area contributed by atoms with E-state index in [1.54, 1.807) is 37.8 Å². The first kappa shape index (κ1) is 39.2.